The molecule has 3 aromatic heterocycles. The second kappa shape index (κ2) is 7.94. The van der Waals surface area contributed by atoms with Crippen molar-refractivity contribution >= 4 is 21.4 Å². The van der Waals surface area contributed by atoms with Crippen molar-refractivity contribution in [3.63, 3.8) is 0 Å². The summed E-state index contributed by atoms with van der Waals surface area (Å²) in [7, 11) is -3.76. The molecule has 0 saturated heterocycles. The van der Waals surface area contributed by atoms with E-state index in [-0.39, 0.29) is 22.6 Å². The van der Waals surface area contributed by atoms with Gasteiger partial charge in [0.25, 0.3) is 5.91 Å². The van der Waals surface area contributed by atoms with Gasteiger partial charge >= 0.3 is 0 Å². The quantitative estimate of drug-likeness (QED) is 0.438. The standard InChI is InChI=1S/C25H27N5O4S/c1-15-5-6-16(24(32)27-18-7-8-18)9-19(15)17-11-26-30(12-17)23-14-29-13-21(20(31)10-22(29)28-23)35(33,34)25(2,3)4/h5-6,9-14,18,31H,7-8H2,1-4H3,(H,27,32). The molecule has 1 aliphatic carbocycles. The van der Waals surface area contributed by atoms with Gasteiger partial charge in [-0.2, -0.15) is 5.10 Å². The number of nitrogens with zero attached hydrogens (tertiary/aromatic N) is 4. The zero-order valence-corrected chi connectivity index (χ0v) is 20.8. The van der Waals surface area contributed by atoms with Gasteiger partial charge in [-0.1, -0.05) is 6.07 Å². The molecular weight excluding hydrogens is 466 g/mol. The number of hydrogen-bond acceptors (Lipinski definition) is 6. The molecule has 182 valence electrons. The highest BCUT2D eigenvalue weighted by Gasteiger charge is 2.34. The number of fused-ring (bicyclic) bond motifs is 1. The SMILES string of the molecule is Cc1ccc(C(=O)NC2CC2)cc1-c1cnn(-c2cn3cc(S(=O)(=O)C(C)(C)C)c(O)cc3n2)c1. The minimum atomic E-state index is -3.76. The summed E-state index contributed by atoms with van der Waals surface area (Å²) in [6.07, 6.45) is 8.58. The highest BCUT2D eigenvalue weighted by atomic mass is 32.2. The monoisotopic (exact) mass is 493 g/mol. The number of hydrogen-bond donors (Lipinski definition) is 2. The van der Waals surface area contributed by atoms with Gasteiger partial charge in [0.05, 0.1) is 17.1 Å². The van der Waals surface area contributed by atoms with Gasteiger partial charge in [-0.05, 0) is 63.8 Å². The van der Waals surface area contributed by atoms with Crippen LogP contribution in [0.25, 0.3) is 22.6 Å². The van der Waals surface area contributed by atoms with Crippen molar-refractivity contribution in [1.82, 2.24) is 24.5 Å². The molecule has 1 fully saturated rings. The molecule has 1 aliphatic rings. The van der Waals surface area contributed by atoms with Crippen LogP contribution in [0.4, 0.5) is 0 Å². The van der Waals surface area contributed by atoms with Gasteiger partial charge in [0.15, 0.2) is 15.7 Å². The zero-order valence-electron chi connectivity index (χ0n) is 20.0. The second-order valence-electron chi connectivity index (χ2n) is 9.95. The van der Waals surface area contributed by atoms with Crippen molar-refractivity contribution in [2.24, 2.45) is 0 Å². The van der Waals surface area contributed by atoms with Crippen LogP contribution in [0.2, 0.25) is 0 Å². The Morgan fingerprint density at radius 1 is 1.14 bits per heavy atom. The Labute approximate surface area is 203 Å². The topological polar surface area (TPSA) is 119 Å². The largest absolute Gasteiger partial charge is 0.506 e. The molecule has 0 radical (unpaired) electrons. The summed E-state index contributed by atoms with van der Waals surface area (Å²) in [6, 6.07) is 7.21. The van der Waals surface area contributed by atoms with E-state index in [0.29, 0.717) is 17.0 Å². The summed E-state index contributed by atoms with van der Waals surface area (Å²) in [5.41, 5.74) is 3.70. The summed E-state index contributed by atoms with van der Waals surface area (Å²) in [4.78, 5) is 16.8. The third-order valence-corrected chi connectivity index (χ3v) is 8.67. The van der Waals surface area contributed by atoms with Crippen LogP contribution in [-0.4, -0.2) is 49.4 Å². The Balaban J connectivity index is 1.49. The first-order valence-corrected chi connectivity index (χ1v) is 12.9. The van der Waals surface area contributed by atoms with Crippen LogP contribution >= 0.6 is 0 Å². The van der Waals surface area contributed by atoms with Crippen LogP contribution in [0.3, 0.4) is 0 Å². The fraction of sp³-hybridized carbons (Fsp3) is 0.320. The lowest BCUT2D eigenvalue weighted by molar-refractivity contribution is 0.0951. The van der Waals surface area contributed by atoms with Gasteiger partial charge in [0, 0.05) is 35.6 Å². The number of rotatable bonds is 5. The van der Waals surface area contributed by atoms with Gasteiger partial charge in [-0.15, -0.1) is 0 Å². The first-order chi connectivity index (χ1) is 16.4. The number of aromatic hydroxyl groups is 1. The molecule has 0 atom stereocenters. The number of carbonyl (C=O) groups is 1. The van der Waals surface area contributed by atoms with Crippen molar-refractivity contribution in [3.8, 4) is 22.7 Å². The van der Waals surface area contributed by atoms with E-state index in [4.69, 9.17) is 0 Å². The number of nitrogens with one attached hydrogen (secondary N) is 1. The summed E-state index contributed by atoms with van der Waals surface area (Å²) in [5, 5.41) is 17.8. The minimum Gasteiger partial charge on any atom is -0.506 e. The van der Waals surface area contributed by atoms with Crippen molar-refractivity contribution in [3.05, 3.63) is 60.2 Å². The number of imidazole rings is 1. The maximum absolute atomic E-state index is 12.9. The maximum atomic E-state index is 12.9. The molecule has 0 aliphatic heterocycles. The Morgan fingerprint density at radius 3 is 2.57 bits per heavy atom. The normalized spacial score (nSPS) is 14.4. The first kappa shape index (κ1) is 23.1. The van der Waals surface area contributed by atoms with Crippen LogP contribution in [-0.2, 0) is 9.84 Å². The van der Waals surface area contributed by atoms with Crippen molar-refractivity contribution < 1.29 is 18.3 Å². The minimum absolute atomic E-state index is 0.0812. The highest BCUT2D eigenvalue weighted by Crippen LogP contribution is 2.32. The van der Waals surface area contributed by atoms with E-state index in [1.807, 2.05) is 25.1 Å². The average Bonchev–Trinajstić information content (AvgIpc) is 3.29. The van der Waals surface area contributed by atoms with E-state index in [9.17, 15) is 18.3 Å². The molecular formula is C25H27N5O4S. The van der Waals surface area contributed by atoms with Crippen LogP contribution < -0.4 is 5.32 Å². The number of aromatic nitrogens is 4. The first-order valence-electron chi connectivity index (χ1n) is 11.4. The van der Waals surface area contributed by atoms with Crippen molar-refractivity contribution in [2.75, 3.05) is 0 Å². The number of benzene rings is 1. The van der Waals surface area contributed by atoms with Gasteiger partial charge in [0.2, 0.25) is 0 Å². The number of sulfone groups is 1. The molecule has 0 bridgehead atoms. The van der Waals surface area contributed by atoms with E-state index >= 15 is 0 Å². The van der Waals surface area contributed by atoms with E-state index in [1.54, 1.807) is 48.4 Å². The van der Waals surface area contributed by atoms with Gasteiger partial charge < -0.3 is 14.8 Å². The molecule has 3 heterocycles. The Hall–Kier alpha value is -3.66. The molecule has 0 unspecified atom stereocenters. The number of carbonyl (C=O) groups excluding carboxylic acids is 1. The number of pyridine rings is 1. The summed E-state index contributed by atoms with van der Waals surface area (Å²) in [6.45, 7) is 6.73. The fourth-order valence-corrected chi connectivity index (χ4v) is 5.04. The summed E-state index contributed by atoms with van der Waals surface area (Å²) in [5.74, 6) is 0.0335. The van der Waals surface area contributed by atoms with Gasteiger partial charge in [0.1, 0.15) is 16.3 Å². The van der Waals surface area contributed by atoms with Crippen LogP contribution in [0.5, 0.6) is 5.75 Å². The lowest BCUT2D eigenvalue weighted by Crippen LogP contribution is -2.28. The fourth-order valence-electron chi connectivity index (χ4n) is 3.80. The molecule has 0 spiro atoms. The van der Waals surface area contributed by atoms with E-state index in [2.05, 4.69) is 15.4 Å². The molecule has 9 nitrogen and oxygen atoms in total. The third kappa shape index (κ3) is 4.18. The molecule has 2 N–H and O–H groups in total. The lowest BCUT2D eigenvalue weighted by Gasteiger charge is -2.19. The van der Waals surface area contributed by atoms with E-state index in [0.717, 1.165) is 29.5 Å². The Morgan fingerprint density at radius 2 is 1.89 bits per heavy atom. The lowest BCUT2D eigenvalue weighted by atomic mass is 10.0. The van der Waals surface area contributed by atoms with Crippen molar-refractivity contribution in [2.45, 2.75) is 56.2 Å². The summed E-state index contributed by atoms with van der Waals surface area (Å²) < 4.78 is 27.8. The van der Waals surface area contributed by atoms with E-state index in [1.165, 1.54) is 12.3 Å². The van der Waals surface area contributed by atoms with Gasteiger partial charge in [-0.3, -0.25) is 4.79 Å². The average molecular weight is 494 g/mol. The smallest absolute Gasteiger partial charge is 0.251 e. The van der Waals surface area contributed by atoms with Gasteiger partial charge in [-0.25, -0.2) is 18.1 Å². The molecule has 10 heteroatoms. The maximum Gasteiger partial charge on any atom is 0.251 e. The van der Waals surface area contributed by atoms with Crippen LogP contribution in [0.15, 0.2) is 53.9 Å². The molecule has 35 heavy (non-hydrogen) atoms. The predicted octanol–water partition coefficient (Wildman–Crippen LogP) is 3.67. The molecule has 5 rings (SSSR count). The molecule has 1 aromatic carbocycles. The van der Waals surface area contributed by atoms with Crippen molar-refractivity contribution in [1.29, 1.82) is 0 Å². The highest BCUT2D eigenvalue weighted by molar-refractivity contribution is 7.92. The van der Waals surface area contributed by atoms with Crippen LogP contribution in [0, 0.1) is 6.92 Å². The van der Waals surface area contributed by atoms with E-state index < -0.39 is 14.6 Å². The summed E-state index contributed by atoms with van der Waals surface area (Å²) >= 11 is 0. The third-order valence-electron chi connectivity index (χ3n) is 6.16. The molecule has 4 aromatic rings. The zero-order chi connectivity index (χ0) is 25.1. The Kier molecular flexibility index (Phi) is 5.24. The van der Waals surface area contributed by atoms with Crippen LogP contribution in [0.1, 0.15) is 49.5 Å². The predicted molar refractivity (Wildman–Crippen MR) is 132 cm³/mol. The second-order valence-corrected chi connectivity index (χ2v) is 12.6. The Bertz CT molecular complexity index is 1570. The molecule has 1 amide bonds. The number of aryl methyl sites for hydroxylation is 1. The molecule has 1 saturated carbocycles. The number of amides is 1.